The van der Waals surface area contributed by atoms with Gasteiger partial charge in [0.15, 0.2) is 0 Å². The molecule has 0 aliphatic carbocycles. The van der Waals surface area contributed by atoms with Gasteiger partial charge in [0, 0.05) is 18.8 Å². The molecule has 2 atom stereocenters. The molecule has 0 bridgehead atoms. The number of alkyl halides is 2. The van der Waals surface area contributed by atoms with E-state index in [1.54, 1.807) is 4.90 Å². The molecule has 0 radical (unpaired) electrons. The summed E-state index contributed by atoms with van der Waals surface area (Å²) in [6.45, 7) is 0.421. The summed E-state index contributed by atoms with van der Waals surface area (Å²) in [6.07, 6.45) is -1.74. The van der Waals surface area contributed by atoms with E-state index >= 15 is 0 Å². The van der Waals surface area contributed by atoms with Gasteiger partial charge in [-0.05, 0) is 24.3 Å². The first-order valence-corrected chi connectivity index (χ1v) is 7.10. The van der Waals surface area contributed by atoms with Crippen LogP contribution in [0.4, 0.5) is 14.5 Å². The highest BCUT2D eigenvalue weighted by atomic mass is 32.2. The van der Waals surface area contributed by atoms with Gasteiger partial charge in [-0.15, -0.1) is 0 Å². The first kappa shape index (κ1) is 14.2. The van der Waals surface area contributed by atoms with Crippen molar-refractivity contribution in [1.29, 1.82) is 0 Å². The van der Waals surface area contributed by atoms with Crippen molar-refractivity contribution in [2.24, 2.45) is 0 Å². The Bertz CT molecular complexity index is 536. The zero-order valence-corrected chi connectivity index (χ0v) is 10.6. The Morgan fingerprint density at radius 2 is 1.58 bits per heavy atom. The second kappa shape index (κ2) is 5.03. The van der Waals surface area contributed by atoms with Crippen molar-refractivity contribution in [1.82, 2.24) is 0 Å². The number of aliphatic hydroxyl groups is 2. The second-order valence-corrected chi connectivity index (χ2v) is 6.26. The normalized spacial score (nSPS) is 24.2. The largest absolute Gasteiger partial charge is 0.389 e. The number of halogens is 2. The minimum absolute atomic E-state index is 0.210. The third kappa shape index (κ3) is 2.70. The van der Waals surface area contributed by atoms with Crippen LogP contribution in [0.5, 0.6) is 0 Å². The van der Waals surface area contributed by atoms with E-state index in [-0.39, 0.29) is 13.1 Å². The van der Waals surface area contributed by atoms with Crippen LogP contribution in [-0.2, 0) is 9.84 Å². The van der Waals surface area contributed by atoms with Gasteiger partial charge >= 0.3 is 5.76 Å². The summed E-state index contributed by atoms with van der Waals surface area (Å²) in [7, 11) is -4.59. The van der Waals surface area contributed by atoms with Crippen LogP contribution >= 0.6 is 0 Å². The Morgan fingerprint density at radius 3 is 2.00 bits per heavy atom. The molecule has 0 aromatic heterocycles. The SMILES string of the molecule is O=S(=O)(c1ccc(N2CC(O)C(O)C2)cc1)C(F)F. The summed E-state index contributed by atoms with van der Waals surface area (Å²) in [4.78, 5) is 1.19. The maximum Gasteiger partial charge on any atom is 0.341 e. The van der Waals surface area contributed by atoms with Crippen LogP contribution in [0.2, 0.25) is 0 Å². The summed E-state index contributed by atoms with van der Waals surface area (Å²) in [5.74, 6) is -3.45. The van der Waals surface area contributed by atoms with Crippen molar-refractivity contribution < 1.29 is 27.4 Å². The number of anilines is 1. The number of hydrogen-bond acceptors (Lipinski definition) is 5. The summed E-state index contributed by atoms with van der Waals surface area (Å²) in [5, 5.41) is 18.8. The van der Waals surface area contributed by atoms with Crippen LogP contribution in [0.1, 0.15) is 0 Å². The number of rotatable bonds is 3. The van der Waals surface area contributed by atoms with Gasteiger partial charge in [0.25, 0.3) is 0 Å². The maximum absolute atomic E-state index is 12.3. The fourth-order valence-corrected chi connectivity index (χ4v) is 2.65. The summed E-state index contributed by atoms with van der Waals surface area (Å²) in [6, 6.07) is 4.93. The molecule has 1 aromatic rings. The molecule has 2 unspecified atom stereocenters. The summed E-state index contributed by atoms with van der Waals surface area (Å²) >= 11 is 0. The number of aliphatic hydroxyl groups excluding tert-OH is 2. The molecule has 1 aliphatic rings. The molecule has 0 amide bonds. The van der Waals surface area contributed by atoms with Crippen molar-refractivity contribution in [2.75, 3.05) is 18.0 Å². The topological polar surface area (TPSA) is 77.8 Å². The molecule has 1 fully saturated rings. The van der Waals surface area contributed by atoms with Gasteiger partial charge < -0.3 is 15.1 Å². The fraction of sp³-hybridized carbons (Fsp3) is 0.455. The smallest absolute Gasteiger partial charge is 0.341 e. The Morgan fingerprint density at radius 1 is 1.11 bits per heavy atom. The first-order chi connectivity index (χ1) is 8.82. The molecule has 2 N–H and O–H groups in total. The highest BCUT2D eigenvalue weighted by Gasteiger charge is 2.30. The molecular formula is C11H13F2NO4S. The third-order valence-electron chi connectivity index (χ3n) is 3.02. The molecule has 1 aromatic carbocycles. The van der Waals surface area contributed by atoms with Crippen LogP contribution in [0.15, 0.2) is 29.2 Å². The Labute approximate surface area is 109 Å². The Kier molecular flexibility index (Phi) is 3.75. The summed E-state index contributed by atoms with van der Waals surface area (Å²) in [5.41, 5.74) is 0.559. The van der Waals surface area contributed by atoms with Crippen molar-refractivity contribution >= 4 is 15.5 Å². The molecule has 1 heterocycles. The van der Waals surface area contributed by atoms with Crippen molar-refractivity contribution in [2.45, 2.75) is 22.9 Å². The molecular weight excluding hydrogens is 280 g/mol. The molecule has 2 rings (SSSR count). The molecule has 19 heavy (non-hydrogen) atoms. The number of hydrogen-bond donors (Lipinski definition) is 2. The van der Waals surface area contributed by atoms with Gasteiger partial charge in [0.1, 0.15) is 0 Å². The van der Waals surface area contributed by atoms with Gasteiger partial charge in [-0.1, -0.05) is 0 Å². The van der Waals surface area contributed by atoms with Gasteiger partial charge in [0.05, 0.1) is 17.1 Å². The fourth-order valence-electron chi connectivity index (χ4n) is 1.93. The lowest BCUT2D eigenvalue weighted by atomic mass is 10.3. The van der Waals surface area contributed by atoms with Gasteiger partial charge in [0.2, 0.25) is 9.84 Å². The minimum Gasteiger partial charge on any atom is -0.389 e. The van der Waals surface area contributed by atoms with Crippen LogP contribution < -0.4 is 4.90 Å². The predicted octanol–water partition coefficient (Wildman–Crippen LogP) is 0.225. The first-order valence-electron chi connectivity index (χ1n) is 5.55. The Hall–Kier alpha value is -1.25. The average molecular weight is 293 g/mol. The quantitative estimate of drug-likeness (QED) is 0.834. The van der Waals surface area contributed by atoms with E-state index in [4.69, 9.17) is 0 Å². The van der Waals surface area contributed by atoms with Crippen LogP contribution in [-0.4, -0.2) is 49.7 Å². The standard InChI is InChI=1S/C11H13F2NO4S/c12-11(13)19(17,18)8-3-1-7(2-4-8)14-5-9(15)10(16)6-14/h1-4,9-11,15-16H,5-6H2. The van der Waals surface area contributed by atoms with Crippen molar-refractivity contribution in [3.63, 3.8) is 0 Å². The van der Waals surface area contributed by atoms with E-state index in [1.165, 1.54) is 12.1 Å². The highest BCUT2D eigenvalue weighted by Crippen LogP contribution is 2.24. The number of nitrogens with zero attached hydrogens (tertiary/aromatic N) is 1. The lowest BCUT2D eigenvalue weighted by Crippen LogP contribution is -2.22. The third-order valence-corrected chi connectivity index (χ3v) is 4.42. The van der Waals surface area contributed by atoms with Crippen LogP contribution in [0, 0.1) is 0 Å². The van der Waals surface area contributed by atoms with Crippen molar-refractivity contribution in [3.8, 4) is 0 Å². The van der Waals surface area contributed by atoms with E-state index in [0.29, 0.717) is 5.69 Å². The zero-order valence-electron chi connectivity index (χ0n) is 9.78. The van der Waals surface area contributed by atoms with E-state index in [9.17, 15) is 27.4 Å². The predicted molar refractivity (Wildman–Crippen MR) is 63.9 cm³/mol. The van der Waals surface area contributed by atoms with E-state index in [0.717, 1.165) is 12.1 Å². The Balaban J connectivity index is 2.20. The van der Waals surface area contributed by atoms with Gasteiger partial charge in [-0.2, -0.15) is 8.78 Å². The molecule has 0 spiro atoms. The van der Waals surface area contributed by atoms with Crippen molar-refractivity contribution in [3.05, 3.63) is 24.3 Å². The molecule has 1 aliphatic heterocycles. The minimum atomic E-state index is -4.59. The average Bonchev–Trinajstić information content (AvgIpc) is 2.69. The molecule has 106 valence electrons. The number of benzene rings is 1. The monoisotopic (exact) mass is 293 g/mol. The highest BCUT2D eigenvalue weighted by molar-refractivity contribution is 7.91. The van der Waals surface area contributed by atoms with Crippen LogP contribution in [0.3, 0.4) is 0 Å². The lowest BCUT2D eigenvalue weighted by Gasteiger charge is -2.17. The number of sulfone groups is 1. The van der Waals surface area contributed by atoms with E-state index in [1.807, 2.05) is 0 Å². The molecule has 1 saturated heterocycles. The van der Waals surface area contributed by atoms with E-state index in [2.05, 4.69) is 0 Å². The second-order valence-electron chi connectivity index (χ2n) is 4.34. The molecule has 5 nitrogen and oxygen atoms in total. The maximum atomic E-state index is 12.3. The van der Waals surface area contributed by atoms with Crippen LogP contribution in [0.25, 0.3) is 0 Å². The zero-order chi connectivity index (χ0) is 14.2. The van der Waals surface area contributed by atoms with Gasteiger partial charge in [-0.25, -0.2) is 8.42 Å². The molecule has 0 saturated carbocycles. The lowest BCUT2D eigenvalue weighted by molar-refractivity contribution is 0.0572. The summed E-state index contributed by atoms with van der Waals surface area (Å²) < 4.78 is 47.1. The molecule has 8 heteroatoms. The number of β-amino-alcohol motifs (C(OH)–C–C–N with tert-alkyl or cyclic N) is 2. The van der Waals surface area contributed by atoms with E-state index < -0.39 is 32.7 Å². The van der Waals surface area contributed by atoms with Gasteiger partial charge in [-0.3, -0.25) is 0 Å².